The monoisotopic (exact) mass is 361 g/mol. The number of rotatable bonds is 7. The molecule has 2 aromatic rings. The van der Waals surface area contributed by atoms with Crippen LogP contribution in [0.3, 0.4) is 0 Å². The summed E-state index contributed by atoms with van der Waals surface area (Å²) in [7, 11) is 0. The Morgan fingerprint density at radius 1 is 1.52 bits per heavy atom. The summed E-state index contributed by atoms with van der Waals surface area (Å²) in [5.74, 6) is 1.23. The van der Waals surface area contributed by atoms with Crippen molar-refractivity contribution in [3.8, 4) is 0 Å². The molecule has 6 heteroatoms. The SMILES string of the molecule is Cc1nn(CC(C)C)c(Cl)c1/C=C/C(=O)N(Cc1ccco1)C1CC1. The van der Waals surface area contributed by atoms with Crippen LogP contribution in [0.5, 0.6) is 0 Å². The van der Waals surface area contributed by atoms with E-state index in [1.807, 2.05) is 24.0 Å². The average Bonchev–Trinajstić information content (AvgIpc) is 3.19. The lowest BCUT2D eigenvalue weighted by atomic mass is 10.2. The Labute approximate surface area is 153 Å². The first-order valence-corrected chi connectivity index (χ1v) is 9.07. The van der Waals surface area contributed by atoms with Crippen molar-refractivity contribution < 1.29 is 9.21 Å². The first-order chi connectivity index (χ1) is 12.0. The highest BCUT2D eigenvalue weighted by molar-refractivity contribution is 6.31. The number of carbonyl (C=O) groups excluding carboxylic acids is 1. The first kappa shape index (κ1) is 17.8. The fourth-order valence-corrected chi connectivity index (χ4v) is 3.12. The number of hydrogen-bond donors (Lipinski definition) is 0. The smallest absolute Gasteiger partial charge is 0.247 e. The van der Waals surface area contributed by atoms with Crippen molar-refractivity contribution in [3.05, 3.63) is 46.6 Å². The highest BCUT2D eigenvalue weighted by atomic mass is 35.5. The van der Waals surface area contributed by atoms with Crippen molar-refractivity contribution in [1.29, 1.82) is 0 Å². The minimum atomic E-state index is -0.0222. The lowest BCUT2D eigenvalue weighted by Crippen LogP contribution is -2.30. The number of hydrogen-bond acceptors (Lipinski definition) is 3. The van der Waals surface area contributed by atoms with Crippen molar-refractivity contribution in [2.24, 2.45) is 5.92 Å². The molecule has 0 radical (unpaired) electrons. The van der Waals surface area contributed by atoms with Crippen LogP contribution in [-0.2, 0) is 17.9 Å². The molecular formula is C19H24ClN3O2. The van der Waals surface area contributed by atoms with Crippen molar-refractivity contribution >= 4 is 23.6 Å². The van der Waals surface area contributed by atoms with Gasteiger partial charge in [-0.05, 0) is 43.9 Å². The van der Waals surface area contributed by atoms with Gasteiger partial charge in [0.2, 0.25) is 5.91 Å². The van der Waals surface area contributed by atoms with E-state index in [-0.39, 0.29) is 5.91 Å². The summed E-state index contributed by atoms with van der Waals surface area (Å²) in [6.07, 6.45) is 7.10. The van der Waals surface area contributed by atoms with Gasteiger partial charge in [-0.2, -0.15) is 5.10 Å². The number of carbonyl (C=O) groups is 1. The van der Waals surface area contributed by atoms with Crippen LogP contribution in [0.1, 0.15) is 43.7 Å². The topological polar surface area (TPSA) is 51.3 Å². The molecule has 1 amide bonds. The quantitative estimate of drug-likeness (QED) is 0.691. The molecule has 1 fully saturated rings. The maximum atomic E-state index is 12.7. The minimum Gasteiger partial charge on any atom is -0.467 e. The molecule has 0 unspecified atom stereocenters. The molecule has 0 saturated heterocycles. The molecule has 25 heavy (non-hydrogen) atoms. The molecular weight excluding hydrogens is 338 g/mol. The van der Waals surface area contributed by atoms with Gasteiger partial charge in [-0.15, -0.1) is 0 Å². The number of aromatic nitrogens is 2. The fourth-order valence-electron chi connectivity index (χ4n) is 2.82. The second kappa shape index (κ2) is 7.48. The molecule has 5 nitrogen and oxygen atoms in total. The number of aryl methyl sites for hydroxylation is 1. The molecule has 0 spiro atoms. The van der Waals surface area contributed by atoms with E-state index in [2.05, 4.69) is 18.9 Å². The normalized spacial score (nSPS) is 14.6. The summed E-state index contributed by atoms with van der Waals surface area (Å²) in [6.45, 7) is 7.41. The van der Waals surface area contributed by atoms with Gasteiger partial charge in [0.25, 0.3) is 0 Å². The third-order valence-electron chi connectivity index (χ3n) is 4.22. The minimum absolute atomic E-state index is 0.0222. The van der Waals surface area contributed by atoms with E-state index < -0.39 is 0 Å². The van der Waals surface area contributed by atoms with Gasteiger partial charge in [0, 0.05) is 24.2 Å². The van der Waals surface area contributed by atoms with Gasteiger partial charge in [-0.3, -0.25) is 9.48 Å². The summed E-state index contributed by atoms with van der Waals surface area (Å²) in [4.78, 5) is 14.5. The van der Waals surface area contributed by atoms with E-state index in [1.54, 1.807) is 23.1 Å². The van der Waals surface area contributed by atoms with Crippen LogP contribution in [0, 0.1) is 12.8 Å². The molecule has 0 aliphatic heterocycles. The average molecular weight is 362 g/mol. The summed E-state index contributed by atoms with van der Waals surface area (Å²) < 4.78 is 7.18. The van der Waals surface area contributed by atoms with Crippen LogP contribution in [0.25, 0.3) is 6.08 Å². The Bertz CT molecular complexity index is 758. The number of amides is 1. The lowest BCUT2D eigenvalue weighted by molar-refractivity contribution is -0.127. The van der Waals surface area contributed by atoms with Crippen LogP contribution < -0.4 is 0 Å². The Morgan fingerprint density at radius 3 is 2.88 bits per heavy atom. The van der Waals surface area contributed by atoms with Crippen LogP contribution in [0.4, 0.5) is 0 Å². The predicted molar refractivity (Wildman–Crippen MR) is 98.1 cm³/mol. The summed E-state index contributed by atoms with van der Waals surface area (Å²) in [5, 5.41) is 5.06. The second-order valence-electron chi connectivity index (χ2n) is 6.98. The van der Waals surface area contributed by atoms with Crippen molar-refractivity contribution in [1.82, 2.24) is 14.7 Å². The van der Waals surface area contributed by atoms with E-state index in [9.17, 15) is 4.79 Å². The summed E-state index contributed by atoms with van der Waals surface area (Å²) in [6, 6.07) is 4.04. The zero-order chi connectivity index (χ0) is 18.0. The van der Waals surface area contributed by atoms with E-state index in [0.29, 0.717) is 23.7 Å². The van der Waals surface area contributed by atoms with Crippen molar-refractivity contribution in [3.63, 3.8) is 0 Å². The molecule has 1 aliphatic rings. The van der Waals surface area contributed by atoms with E-state index >= 15 is 0 Å². The molecule has 1 saturated carbocycles. The highest BCUT2D eigenvalue weighted by Crippen LogP contribution is 2.29. The molecule has 3 rings (SSSR count). The van der Waals surface area contributed by atoms with Gasteiger partial charge >= 0.3 is 0 Å². The van der Waals surface area contributed by atoms with E-state index in [4.69, 9.17) is 16.0 Å². The van der Waals surface area contributed by atoms with Crippen LogP contribution >= 0.6 is 11.6 Å². The zero-order valence-corrected chi connectivity index (χ0v) is 15.7. The molecule has 0 bridgehead atoms. The number of nitrogens with zero attached hydrogens (tertiary/aromatic N) is 3. The van der Waals surface area contributed by atoms with Gasteiger partial charge in [-0.1, -0.05) is 25.4 Å². The van der Waals surface area contributed by atoms with Gasteiger partial charge < -0.3 is 9.32 Å². The molecule has 2 aromatic heterocycles. The van der Waals surface area contributed by atoms with Crippen LogP contribution in [0.15, 0.2) is 28.9 Å². The molecule has 0 aromatic carbocycles. The maximum absolute atomic E-state index is 12.7. The van der Waals surface area contributed by atoms with Gasteiger partial charge in [-0.25, -0.2) is 0 Å². The highest BCUT2D eigenvalue weighted by Gasteiger charge is 2.32. The summed E-state index contributed by atoms with van der Waals surface area (Å²) >= 11 is 6.44. The van der Waals surface area contributed by atoms with Crippen LogP contribution in [-0.4, -0.2) is 26.6 Å². The fraction of sp³-hybridized carbons (Fsp3) is 0.474. The van der Waals surface area contributed by atoms with E-state index in [0.717, 1.165) is 36.4 Å². The Balaban J connectivity index is 1.74. The molecule has 1 aliphatic carbocycles. The van der Waals surface area contributed by atoms with Crippen molar-refractivity contribution in [2.75, 3.05) is 0 Å². The number of halogens is 1. The van der Waals surface area contributed by atoms with Gasteiger partial charge in [0.15, 0.2) is 0 Å². The first-order valence-electron chi connectivity index (χ1n) is 8.69. The van der Waals surface area contributed by atoms with Gasteiger partial charge in [0.1, 0.15) is 10.9 Å². The summed E-state index contributed by atoms with van der Waals surface area (Å²) in [5.41, 5.74) is 1.64. The largest absolute Gasteiger partial charge is 0.467 e. The Hall–Kier alpha value is -2.01. The lowest BCUT2D eigenvalue weighted by Gasteiger charge is -2.19. The maximum Gasteiger partial charge on any atom is 0.247 e. The van der Waals surface area contributed by atoms with Crippen LogP contribution in [0.2, 0.25) is 5.15 Å². The van der Waals surface area contributed by atoms with Crippen molar-refractivity contribution in [2.45, 2.75) is 52.7 Å². The van der Waals surface area contributed by atoms with E-state index in [1.165, 1.54) is 0 Å². The molecule has 0 N–H and O–H groups in total. The predicted octanol–water partition coefficient (Wildman–Crippen LogP) is 4.30. The second-order valence-corrected chi connectivity index (χ2v) is 7.33. The zero-order valence-electron chi connectivity index (χ0n) is 14.9. The molecule has 2 heterocycles. The number of furan rings is 1. The third-order valence-corrected chi connectivity index (χ3v) is 4.62. The molecule has 134 valence electrons. The third kappa shape index (κ3) is 4.34. The van der Waals surface area contributed by atoms with Gasteiger partial charge in [0.05, 0.1) is 18.5 Å². The standard InChI is InChI=1S/C19H24ClN3O2/c1-13(2)11-23-19(20)17(14(3)21-23)8-9-18(24)22(15-6-7-15)12-16-5-4-10-25-16/h4-5,8-10,13,15H,6-7,11-12H2,1-3H3/b9-8+. The molecule has 0 atom stereocenters. The Morgan fingerprint density at radius 2 is 2.28 bits per heavy atom. The Kier molecular flexibility index (Phi) is 5.33.